The van der Waals surface area contributed by atoms with Gasteiger partial charge in [0.25, 0.3) is 6.29 Å². The summed E-state index contributed by atoms with van der Waals surface area (Å²) in [6, 6.07) is 0. The lowest BCUT2D eigenvalue weighted by molar-refractivity contribution is -0.185. The van der Waals surface area contributed by atoms with Gasteiger partial charge in [0.2, 0.25) is 0 Å². The molecular weight excluding hydrogens is 364 g/mol. The summed E-state index contributed by atoms with van der Waals surface area (Å²) in [7, 11) is 5.60. The van der Waals surface area contributed by atoms with E-state index < -0.39 is 18.4 Å². The SMILES string of the molecule is CCC(=O)OC(CC1CN(C)C(OC)N(C)C1)OC(=O)OC(C(C)C)C(C)C. The summed E-state index contributed by atoms with van der Waals surface area (Å²) >= 11 is 0. The highest BCUT2D eigenvalue weighted by atomic mass is 16.8. The van der Waals surface area contributed by atoms with E-state index in [0.717, 1.165) is 13.1 Å². The average Bonchev–Trinajstić information content (AvgIpc) is 2.58. The van der Waals surface area contributed by atoms with E-state index in [1.165, 1.54) is 0 Å². The molecule has 1 aliphatic heterocycles. The van der Waals surface area contributed by atoms with Crippen molar-refractivity contribution >= 4 is 12.1 Å². The summed E-state index contributed by atoms with van der Waals surface area (Å²) in [5.74, 6) is 0.0656. The molecule has 8 nitrogen and oxygen atoms in total. The number of hydrogen-bond donors (Lipinski definition) is 0. The van der Waals surface area contributed by atoms with Gasteiger partial charge in [-0.15, -0.1) is 0 Å². The first-order valence-corrected chi connectivity index (χ1v) is 10.1. The van der Waals surface area contributed by atoms with Crippen molar-refractivity contribution in [3.8, 4) is 0 Å². The van der Waals surface area contributed by atoms with Gasteiger partial charge in [0.05, 0.1) is 0 Å². The molecule has 1 saturated heterocycles. The predicted molar refractivity (Wildman–Crippen MR) is 105 cm³/mol. The number of esters is 1. The highest BCUT2D eigenvalue weighted by molar-refractivity contribution is 5.69. The highest BCUT2D eigenvalue weighted by Crippen LogP contribution is 2.23. The van der Waals surface area contributed by atoms with E-state index >= 15 is 0 Å². The Morgan fingerprint density at radius 2 is 1.50 bits per heavy atom. The Labute approximate surface area is 169 Å². The van der Waals surface area contributed by atoms with Crippen LogP contribution in [0, 0.1) is 17.8 Å². The lowest BCUT2D eigenvalue weighted by Crippen LogP contribution is -2.55. The minimum Gasteiger partial charge on any atom is -0.430 e. The van der Waals surface area contributed by atoms with Crippen LogP contribution in [0.5, 0.6) is 0 Å². The van der Waals surface area contributed by atoms with Crippen LogP contribution < -0.4 is 0 Å². The standard InChI is InChI=1S/C20H38N2O6/c1-9-16(23)26-17(27-20(24)28-18(13(2)3)14(4)5)10-15-11-21(6)19(25-8)22(7)12-15/h13-15,17-19H,9-12H2,1-8H3. The molecule has 28 heavy (non-hydrogen) atoms. The summed E-state index contributed by atoms with van der Waals surface area (Å²) in [6.07, 6.45) is -1.51. The van der Waals surface area contributed by atoms with E-state index in [2.05, 4.69) is 9.80 Å². The smallest absolute Gasteiger partial charge is 0.430 e. The summed E-state index contributed by atoms with van der Waals surface area (Å²) in [4.78, 5) is 28.3. The number of carbonyl (C=O) groups is 2. The maximum absolute atomic E-state index is 12.3. The second-order valence-corrected chi connectivity index (χ2v) is 8.25. The molecule has 0 bridgehead atoms. The maximum atomic E-state index is 12.3. The van der Waals surface area contributed by atoms with Gasteiger partial charge in [-0.1, -0.05) is 34.6 Å². The highest BCUT2D eigenvalue weighted by Gasteiger charge is 2.34. The third-order valence-electron chi connectivity index (χ3n) is 4.91. The fourth-order valence-corrected chi connectivity index (χ4v) is 3.81. The van der Waals surface area contributed by atoms with Crippen LogP contribution in [-0.4, -0.2) is 75.0 Å². The molecule has 0 radical (unpaired) electrons. The Bertz CT molecular complexity index is 479. The van der Waals surface area contributed by atoms with E-state index in [9.17, 15) is 9.59 Å². The molecule has 1 rings (SSSR count). The van der Waals surface area contributed by atoms with Crippen molar-refractivity contribution in [3.63, 3.8) is 0 Å². The molecular formula is C20H38N2O6. The van der Waals surface area contributed by atoms with Crippen LogP contribution in [0.15, 0.2) is 0 Å². The predicted octanol–water partition coefficient (Wildman–Crippen LogP) is 2.91. The molecule has 164 valence electrons. The van der Waals surface area contributed by atoms with Crippen molar-refractivity contribution in [2.24, 2.45) is 17.8 Å². The molecule has 1 unspecified atom stereocenters. The molecule has 1 aliphatic rings. The van der Waals surface area contributed by atoms with Crippen molar-refractivity contribution < 1.29 is 28.5 Å². The lowest BCUT2D eigenvalue weighted by Gasteiger charge is -2.43. The van der Waals surface area contributed by atoms with Gasteiger partial charge in [-0.2, -0.15) is 0 Å². The normalized spacial score (nSPS) is 22.5. The summed E-state index contributed by atoms with van der Waals surface area (Å²) < 4.78 is 21.7. The van der Waals surface area contributed by atoms with Crippen LogP contribution in [0.25, 0.3) is 0 Å². The topological polar surface area (TPSA) is 77.5 Å². The Hall–Kier alpha value is -1.38. The van der Waals surface area contributed by atoms with Crippen LogP contribution >= 0.6 is 0 Å². The van der Waals surface area contributed by atoms with Gasteiger partial charge in [-0.3, -0.25) is 14.6 Å². The van der Waals surface area contributed by atoms with Gasteiger partial charge >= 0.3 is 12.1 Å². The third-order valence-corrected chi connectivity index (χ3v) is 4.91. The Kier molecular flexibility index (Phi) is 10.2. The first-order chi connectivity index (χ1) is 13.1. The molecule has 0 aromatic carbocycles. The van der Waals surface area contributed by atoms with Crippen molar-refractivity contribution in [1.82, 2.24) is 9.80 Å². The minimum absolute atomic E-state index is 0.100. The second-order valence-electron chi connectivity index (χ2n) is 8.25. The van der Waals surface area contributed by atoms with Crippen LogP contribution in [0.1, 0.15) is 47.5 Å². The molecule has 0 N–H and O–H groups in total. The molecule has 0 amide bonds. The van der Waals surface area contributed by atoms with Crippen LogP contribution in [0.2, 0.25) is 0 Å². The van der Waals surface area contributed by atoms with Crippen molar-refractivity contribution in [3.05, 3.63) is 0 Å². The number of nitrogens with zero attached hydrogens (tertiary/aromatic N) is 2. The maximum Gasteiger partial charge on any atom is 0.511 e. The van der Waals surface area contributed by atoms with E-state index in [0.29, 0.717) is 6.42 Å². The fraction of sp³-hybridized carbons (Fsp3) is 0.900. The molecule has 8 heteroatoms. The molecule has 0 saturated carbocycles. The van der Waals surface area contributed by atoms with Gasteiger partial charge in [0.1, 0.15) is 6.10 Å². The van der Waals surface area contributed by atoms with E-state index in [-0.39, 0.29) is 36.6 Å². The molecule has 0 aromatic rings. The molecule has 1 atom stereocenters. The van der Waals surface area contributed by atoms with Gasteiger partial charge in [0.15, 0.2) is 6.35 Å². The second kappa shape index (κ2) is 11.6. The zero-order chi connectivity index (χ0) is 21.4. The Morgan fingerprint density at radius 3 is 1.93 bits per heavy atom. The Balaban J connectivity index is 2.75. The lowest BCUT2D eigenvalue weighted by atomic mass is 9.96. The number of rotatable bonds is 9. The molecule has 0 aliphatic carbocycles. The molecule has 1 heterocycles. The van der Waals surface area contributed by atoms with Crippen LogP contribution in [0.3, 0.4) is 0 Å². The third kappa shape index (κ3) is 7.56. The van der Waals surface area contributed by atoms with Crippen molar-refractivity contribution in [2.75, 3.05) is 34.3 Å². The zero-order valence-electron chi connectivity index (χ0n) is 18.6. The monoisotopic (exact) mass is 402 g/mol. The molecule has 0 spiro atoms. The zero-order valence-corrected chi connectivity index (χ0v) is 18.6. The van der Waals surface area contributed by atoms with E-state index in [1.807, 2.05) is 41.8 Å². The van der Waals surface area contributed by atoms with Gasteiger partial charge in [0, 0.05) is 33.0 Å². The van der Waals surface area contributed by atoms with Gasteiger partial charge < -0.3 is 18.9 Å². The van der Waals surface area contributed by atoms with Crippen molar-refractivity contribution in [2.45, 2.75) is 66.2 Å². The van der Waals surface area contributed by atoms with E-state index in [4.69, 9.17) is 18.9 Å². The van der Waals surface area contributed by atoms with Gasteiger partial charge in [-0.25, -0.2) is 4.79 Å². The van der Waals surface area contributed by atoms with Crippen molar-refractivity contribution in [1.29, 1.82) is 0 Å². The number of ether oxygens (including phenoxy) is 4. The summed E-state index contributed by atoms with van der Waals surface area (Å²) in [5.41, 5.74) is 0. The number of carbonyl (C=O) groups excluding carboxylic acids is 2. The minimum atomic E-state index is -0.967. The van der Waals surface area contributed by atoms with Gasteiger partial charge in [-0.05, 0) is 31.8 Å². The largest absolute Gasteiger partial charge is 0.511 e. The summed E-state index contributed by atoms with van der Waals surface area (Å²) in [5, 5.41) is 0. The quantitative estimate of drug-likeness (QED) is 0.430. The van der Waals surface area contributed by atoms with Crippen LogP contribution in [-0.2, 0) is 23.7 Å². The van der Waals surface area contributed by atoms with E-state index in [1.54, 1.807) is 14.0 Å². The number of methoxy groups -OCH3 is 1. The Morgan fingerprint density at radius 1 is 0.964 bits per heavy atom. The first-order valence-electron chi connectivity index (χ1n) is 10.1. The average molecular weight is 403 g/mol. The molecule has 1 fully saturated rings. The summed E-state index contributed by atoms with van der Waals surface area (Å²) in [6.45, 7) is 11.2. The van der Waals surface area contributed by atoms with Crippen LogP contribution in [0.4, 0.5) is 4.79 Å². The fourth-order valence-electron chi connectivity index (χ4n) is 3.81. The number of hydrogen-bond acceptors (Lipinski definition) is 8. The molecule has 0 aromatic heterocycles. The first kappa shape index (κ1) is 24.7.